The number of anilines is 1. The molecule has 0 aliphatic carbocycles. The summed E-state index contributed by atoms with van der Waals surface area (Å²) >= 11 is 0. The van der Waals surface area contributed by atoms with E-state index >= 15 is 0 Å². The van der Waals surface area contributed by atoms with Crippen LogP contribution < -0.4 is 11.1 Å². The van der Waals surface area contributed by atoms with Crippen molar-refractivity contribution in [2.75, 3.05) is 5.32 Å². The molecule has 0 bridgehead atoms. The number of hydrogen-bond acceptors (Lipinski definition) is 2. The second-order valence-corrected chi connectivity index (χ2v) is 5.31. The third-order valence-corrected chi connectivity index (χ3v) is 2.76. The summed E-state index contributed by atoms with van der Waals surface area (Å²) in [5.74, 6) is -0.0261. The predicted molar refractivity (Wildman–Crippen MR) is 74.3 cm³/mol. The van der Waals surface area contributed by atoms with Crippen LogP contribution in [0.2, 0.25) is 0 Å². The van der Waals surface area contributed by atoms with Crippen LogP contribution in [0, 0.1) is 12.3 Å². The maximum atomic E-state index is 11.9. The molecule has 1 atom stereocenters. The Labute approximate surface area is 113 Å². The number of benzene rings is 1. The topological polar surface area (TPSA) is 94.0 Å². The summed E-state index contributed by atoms with van der Waals surface area (Å²) in [5.41, 5.74) is 5.74. The Balaban J connectivity index is 0.000000982. The second-order valence-electron chi connectivity index (χ2n) is 5.31. The molecule has 0 heterocycles. The lowest BCUT2D eigenvalue weighted by Crippen LogP contribution is -2.71. The average molecular weight is 266 g/mol. The second kappa shape index (κ2) is 7.53. The number of aryl methyl sites for hydroxylation is 1. The number of rotatable bonds is 2. The normalized spacial score (nSPS) is 11.8. The lowest BCUT2D eigenvalue weighted by molar-refractivity contribution is -0.424. The van der Waals surface area contributed by atoms with Crippen molar-refractivity contribution in [2.45, 2.75) is 33.7 Å². The van der Waals surface area contributed by atoms with Crippen molar-refractivity contribution in [3.63, 3.8) is 0 Å². The molecule has 1 aromatic rings. The van der Waals surface area contributed by atoms with Crippen LogP contribution in [-0.2, 0) is 9.59 Å². The zero-order valence-corrected chi connectivity index (χ0v) is 11.9. The Bertz CT molecular complexity index is 425. The fourth-order valence-electron chi connectivity index (χ4n) is 1.33. The molecule has 0 saturated heterocycles. The number of amides is 1. The molecule has 1 amide bonds. The number of hydrogen-bond donors (Lipinski definition) is 3. The summed E-state index contributed by atoms with van der Waals surface area (Å²) in [7, 11) is 0. The van der Waals surface area contributed by atoms with Gasteiger partial charge in [0.2, 0.25) is 0 Å². The van der Waals surface area contributed by atoms with E-state index in [4.69, 9.17) is 9.90 Å². The number of quaternary nitrogens is 1. The summed E-state index contributed by atoms with van der Waals surface area (Å²) in [6, 6.07) is 7.49. The molecule has 106 valence electrons. The van der Waals surface area contributed by atoms with Crippen LogP contribution >= 0.6 is 0 Å². The van der Waals surface area contributed by atoms with Gasteiger partial charge >= 0.3 is 0 Å². The van der Waals surface area contributed by atoms with Gasteiger partial charge in [-0.1, -0.05) is 45.4 Å². The largest absolute Gasteiger partial charge is 0.665 e. The van der Waals surface area contributed by atoms with Crippen LogP contribution in [-0.4, -0.2) is 23.5 Å². The van der Waals surface area contributed by atoms with Gasteiger partial charge in [0.25, 0.3) is 5.91 Å². The quantitative estimate of drug-likeness (QED) is 0.702. The molecule has 0 spiro atoms. The van der Waals surface area contributed by atoms with Crippen molar-refractivity contribution in [1.82, 2.24) is 0 Å². The third-order valence-electron chi connectivity index (χ3n) is 2.76. The molecule has 5 nitrogen and oxygen atoms in total. The number of carbonyl (C=O) groups excluding carboxylic acids is 1. The van der Waals surface area contributed by atoms with E-state index in [1.807, 2.05) is 52.0 Å². The van der Waals surface area contributed by atoms with Gasteiger partial charge in [0.15, 0.2) is 6.04 Å². The van der Waals surface area contributed by atoms with Gasteiger partial charge in [-0.05, 0) is 18.6 Å². The highest BCUT2D eigenvalue weighted by Crippen LogP contribution is 2.19. The van der Waals surface area contributed by atoms with Gasteiger partial charge in [0.05, 0.1) is 0 Å². The first kappa shape index (κ1) is 17.1. The Kier molecular flexibility index (Phi) is 6.79. The van der Waals surface area contributed by atoms with Gasteiger partial charge in [-0.15, -0.1) is 0 Å². The first-order valence-electron chi connectivity index (χ1n) is 5.94. The Morgan fingerprint density at radius 2 is 1.84 bits per heavy atom. The van der Waals surface area contributed by atoms with Crippen LogP contribution in [0.15, 0.2) is 24.3 Å². The van der Waals surface area contributed by atoms with Crippen LogP contribution in [0.4, 0.5) is 5.69 Å². The van der Waals surface area contributed by atoms with E-state index in [-0.39, 0.29) is 17.4 Å². The van der Waals surface area contributed by atoms with Crippen molar-refractivity contribution in [3.05, 3.63) is 29.8 Å². The van der Waals surface area contributed by atoms with Gasteiger partial charge < -0.3 is 21.0 Å². The molecule has 1 rings (SSSR count). The Morgan fingerprint density at radius 3 is 2.26 bits per heavy atom. The first-order chi connectivity index (χ1) is 8.73. The molecule has 1 unspecified atom stereocenters. The van der Waals surface area contributed by atoms with Crippen molar-refractivity contribution in [2.24, 2.45) is 5.41 Å². The van der Waals surface area contributed by atoms with E-state index in [1.165, 1.54) is 0 Å². The molecule has 0 aromatic heterocycles. The minimum absolute atomic E-state index is 0.0261. The molecule has 19 heavy (non-hydrogen) atoms. The van der Waals surface area contributed by atoms with Crippen LogP contribution in [0.25, 0.3) is 0 Å². The average Bonchev–Trinajstić information content (AvgIpc) is 2.31. The highest BCUT2D eigenvalue weighted by atomic mass is 16.3. The SMILES string of the molecule is Cc1ccccc1NC(=O)C([NH3+])C(C)(C)C.O=[C-]O. The fraction of sp³-hybridized carbons (Fsp3) is 0.429. The standard InChI is InChI=1S/C13H20N2O.CHO2/c1-9-7-5-6-8-10(9)15-12(16)11(14)13(2,3)4;2-1-3/h5-8,11H,14H2,1-4H3,(H,15,16);(H,2,3)/q;-1/p+1. The Morgan fingerprint density at radius 1 is 1.37 bits per heavy atom. The molecular formula is C14H22N2O3. The van der Waals surface area contributed by atoms with Gasteiger partial charge in [-0.3, -0.25) is 4.79 Å². The minimum Gasteiger partial charge on any atom is -0.665 e. The highest BCUT2D eigenvalue weighted by Gasteiger charge is 2.31. The van der Waals surface area contributed by atoms with Crippen molar-refractivity contribution < 1.29 is 20.4 Å². The first-order valence-corrected chi connectivity index (χ1v) is 5.94. The van der Waals surface area contributed by atoms with E-state index in [0.29, 0.717) is 6.47 Å². The summed E-state index contributed by atoms with van der Waals surface area (Å²) in [6.45, 7) is 8.52. The van der Waals surface area contributed by atoms with Crippen LogP contribution in [0.3, 0.4) is 0 Å². The van der Waals surface area contributed by atoms with E-state index in [9.17, 15) is 4.79 Å². The van der Waals surface area contributed by atoms with Crippen molar-refractivity contribution >= 4 is 18.1 Å². The van der Waals surface area contributed by atoms with E-state index in [1.54, 1.807) is 0 Å². The minimum atomic E-state index is -0.257. The summed E-state index contributed by atoms with van der Waals surface area (Å²) in [5, 5.41) is 9.68. The lowest BCUT2D eigenvalue weighted by Gasteiger charge is -2.22. The molecule has 5 N–H and O–H groups in total. The van der Waals surface area contributed by atoms with E-state index in [2.05, 4.69) is 11.1 Å². The van der Waals surface area contributed by atoms with Gasteiger partial charge in [0, 0.05) is 11.1 Å². The number of carbonyl (C=O) groups is 1. The maximum Gasteiger partial charge on any atom is 0.283 e. The van der Waals surface area contributed by atoms with Crippen molar-refractivity contribution in [3.8, 4) is 0 Å². The number of aliphatic hydroxyl groups excluding tert-OH is 1. The highest BCUT2D eigenvalue weighted by molar-refractivity contribution is 5.94. The number of para-hydroxylation sites is 1. The van der Waals surface area contributed by atoms with E-state index in [0.717, 1.165) is 11.3 Å². The summed E-state index contributed by atoms with van der Waals surface area (Å²) < 4.78 is 0. The molecule has 0 saturated carbocycles. The molecule has 5 heteroatoms. The smallest absolute Gasteiger partial charge is 0.283 e. The fourth-order valence-corrected chi connectivity index (χ4v) is 1.33. The molecule has 0 fully saturated rings. The molecular weight excluding hydrogens is 244 g/mol. The summed E-state index contributed by atoms with van der Waals surface area (Å²) in [6.07, 6.45) is 0. The van der Waals surface area contributed by atoms with Gasteiger partial charge in [-0.25, -0.2) is 0 Å². The van der Waals surface area contributed by atoms with Crippen LogP contribution in [0.1, 0.15) is 26.3 Å². The molecule has 0 radical (unpaired) electrons. The number of nitrogens with one attached hydrogen (secondary N) is 1. The van der Waals surface area contributed by atoms with Gasteiger partial charge in [-0.2, -0.15) is 0 Å². The monoisotopic (exact) mass is 266 g/mol. The Hall–Kier alpha value is -1.88. The van der Waals surface area contributed by atoms with Crippen LogP contribution in [0.5, 0.6) is 0 Å². The van der Waals surface area contributed by atoms with Gasteiger partial charge in [0.1, 0.15) is 0 Å². The molecule has 0 aliphatic heterocycles. The molecule has 0 aliphatic rings. The zero-order chi connectivity index (χ0) is 15.1. The third kappa shape index (κ3) is 6.01. The lowest BCUT2D eigenvalue weighted by atomic mass is 9.87. The summed E-state index contributed by atoms with van der Waals surface area (Å²) in [4.78, 5) is 20.2. The maximum absolute atomic E-state index is 11.9. The van der Waals surface area contributed by atoms with Crippen molar-refractivity contribution in [1.29, 1.82) is 0 Å². The zero-order valence-electron chi connectivity index (χ0n) is 11.9. The predicted octanol–water partition coefficient (Wildman–Crippen LogP) is 1.20. The van der Waals surface area contributed by atoms with E-state index < -0.39 is 0 Å². The molecule has 1 aromatic carbocycles.